The molecule has 0 aliphatic heterocycles. The number of phenols is 2. The highest BCUT2D eigenvalue weighted by atomic mass is 32.2. The molecule has 1 unspecified atom stereocenters. The third kappa shape index (κ3) is 6.91. The van der Waals surface area contributed by atoms with Gasteiger partial charge in [0, 0.05) is 39.0 Å². The zero-order valence-electron chi connectivity index (χ0n) is 33.4. The van der Waals surface area contributed by atoms with Gasteiger partial charge in [0.2, 0.25) is 11.1 Å². The molecular weight excluding hydrogens is 805 g/mol. The normalized spacial score (nSPS) is 13.7. The number of methoxy groups -OCH3 is 1. The van der Waals surface area contributed by atoms with Crippen LogP contribution in [-0.2, 0) is 25.7 Å². The topological polar surface area (TPSA) is 182 Å². The standard InChI is InChI=1S/C46H38N2O10S2/c1-25-14-16-33-35(43(25)50)10-8-12-40(33)59(52,53)57-38-19-15-30(24-39(38)56-7)46(6,31-20-26(2)42(49)27(3)21-31)32-22-28(4)45(29(5)23-32)58-60(54,55)41-13-9-11-36-34(41)17-18-37(48-47)44(36)51/h8-24H,1H2,2-7H3,(H-,49,51)/p+1. The summed E-state index contributed by atoms with van der Waals surface area (Å²) in [5, 5.41) is 30.9. The average molecular weight is 844 g/mol. The minimum atomic E-state index is -4.50. The van der Waals surface area contributed by atoms with Crippen LogP contribution in [0, 0.1) is 33.1 Å². The Morgan fingerprint density at radius 3 is 1.90 bits per heavy atom. The number of carbonyl (C=O) groups is 1. The van der Waals surface area contributed by atoms with E-state index in [0.717, 1.165) is 5.56 Å². The van der Waals surface area contributed by atoms with Crippen LogP contribution in [0.3, 0.4) is 0 Å². The van der Waals surface area contributed by atoms with Crippen LogP contribution >= 0.6 is 0 Å². The lowest BCUT2D eigenvalue weighted by atomic mass is 9.69. The van der Waals surface area contributed by atoms with E-state index in [1.165, 1.54) is 73.9 Å². The number of nitrogens with zero attached hydrogens (tertiary/aromatic N) is 2. The molecule has 14 heteroatoms. The summed E-state index contributed by atoms with van der Waals surface area (Å²) >= 11 is 0. The molecule has 1 aliphatic rings. The molecule has 0 radical (unpaired) electrons. The summed E-state index contributed by atoms with van der Waals surface area (Å²) < 4.78 is 72.7. The SMILES string of the molecule is C=C1C=Cc2c(cccc2S(=O)(=O)Oc2ccc(C(C)(c3cc(C)c(O)c(C)c3)c3cc(C)c(OS(=O)(=O)c4cccc5c(O)c([N+]#N)ccc45)c(C)c3)cc2OC)C1=O. The molecule has 6 aromatic rings. The highest BCUT2D eigenvalue weighted by Crippen LogP contribution is 2.46. The number of benzene rings is 6. The molecule has 0 fully saturated rings. The number of carbonyl (C=O) groups excluding carboxylic acids is 1. The summed E-state index contributed by atoms with van der Waals surface area (Å²) in [5.74, 6) is -0.602. The molecule has 304 valence electrons. The Morgan fingerprint density at radius 1 is 0.667 bits per heavy atom. The van der Waals surface area contributed by atoms with Gasteiger partial charge in [-0.15, -0.1) is 0 Å². The second kappa shape index (κ2) is 15.0. The molecule has 2 N–H and O–H groups in total. The average Bonchev–Trinajstić information content (AvgIpc) is 3.21. The van der Waals surface area contributed by atoms with Crippen LogP contribution in [0.5, 0.6) is 28.7 Å². The summed E-state index contributed by atoms with van der Waals surface area (Å²) in [7, 11) is -7.61. The van der Waals surface area contributed by atoms with Crippen molar-refractivity contribution in [1.82, 2.24) is 0 Å². The van der Waals surface area contributed by atoms with Gasteiger partial charge in [0.15, 0.2) is 22.3 Å². The maximum Gasteiger partial charge on any atom is 0.426 e. The van der Waals surface area contributed by atoms with E-state index < -0.39 is 37.2 Å². The molecule has 12 nitrogen and oxygen atoms in total. The fourth-order valence-electron chi connectivity index (χ4n) is 7.64. The molecule has 7 rings (SSSR count). The second-order valence-electron chi connectivity index (χ2n) is 14.8. The quantitative estimate of drug-likeness (QED) is 0.0580. The number of aryl methyl sites for hydroxylation is 4. The van der Waals surface area contributed by atoms with Gasteiger partial charge in [-0.1, -0.05) is 73.3 Å². The lowest BCUT2D eigenvalue weighted by molar-refractivity contribution is 0.103. The van der Waals surface area contributed by atoms with E-state index >= 15 is 0 Å². The number of ketones is 1. The van der Waals surface area contributed by atoms with Gasteiger partial charge in [-0.25, -0.2) is 0 Å². The largest absolute Gasteiger partial charge is 0.507 e. The van der Waals surface area contributed by atoms with Crippen LogP contribution < -0.4 is 13.1 Å². The van der Waals surface area contributed by atoms with Gasteiger partial charge in [-0.05, 0) is 104 Å². The van der Waals surface area contributed by atoms with Crippen LogP contribution in [0.15, 0.2) is 119 Å². The molecule has 0 aromatic heterocycles. The van der Waals surface area contributed by atoms with Crippen LogP contribution in [0.4, 0.5) is 5.69 Å². The van der Waals surface area contributed by atoms with Crippen molar-refractivity contribution in [3.05, 3.63) is 164 Å². The van der Waals surface area contributed by atoms with Crippen LogP contribution in [0.2, 0.25) is 0 Å². The first kappa shape index (κ1) is 41.2. The van der Waals surface area contributed by atoms with Crippen molar-refractivity contribution >= 4 is 48.6 Å². The Hall–Kier alpha value is -6.95. The highest BCUT2D eigenvalue weighted by molar-refractivity contribution is 7.87. The number of Topliss-reactive ketones (excluding diaryl/α,β-unsaturated/α-hetero) is 1. The van der Waals surface area contributed by atoms with Crippen LogP contribution in [0.1, 0.15) is 61.8 Å². The second-order valence-corrected chi connectivity index (χ2v) is 17.8. The molecule has 0 heterocycles. The molecule has 0 bridgehead atoms. The predicted octanol–water partition coefficient (Wildman–Crippen LogP) is 9.63. The van der Waals surface area contributed by atoms with E-state index in [-0.39, 0.29) is 65.9 Å². The number of allylic oxidation sites excluding steroid dienone is 2. The first-order valence-corrected chi connectivity index (χ1v) is 21.3. The molecule has 6 aromatic carbocycles. The number of ether oxygens (including phenoxy) is 1. The molecule has 1 atom stereocenters. The molecule has 1 aliphatic carbocycles. The smallest absolute Gasteiger partial charge is 0.426 e. The Balaban J connectivity index is 1.32. The van der Waals surface area contributed by atoms with Gasteiger partial charge < -0.3 is 23.3 Å². The van der Waals surface area contributed by atoms with Crippen molar-refractivity contribution < 1.29 is 44.9 Å². The summed E-state index contributed by atoms with van der Waals surface area (Å²) in [6.45, 7) is 12.6. The van der Waals surface area contributed by atoms with Crippen LogP contribution in [-0.4, -0.2) is 39.9 Å². The Labute approximate surface area is 347 Å². The van der Waals surface area contributed by atoms with E-state index in [9.17, 15) is 37.2 Å². The summed E-state index contributed by atoms with van der Waals surface area (Å²) in [6, 6.07) is 23.5. The number of phenolic OH excluding ortho intramolecular Hbond substituents is 2. The van der Waals surface area contributed by atoms with Gasteiger partial charge in [0.05, 0.1) is 7.11 Å². The van der Waals surface area contributed by atoms with Crippen molar-refractivity contribution in [3.63, 3.8) is 0 Å². The predicted molar refractivity (Wildman–Crippen MR) is 227 cm³/mol. The molecular formula is C46H39N2O10S2+. The summed E-state index contributed by atoms with van der Waals surface area (Å²) in [5.41, 5.74) is 3.66. The monoisotopic (exact) mass is 843 g/mol. The van der Waals surface area contributed by atoms with Gasteiger partial charge in [0.25, 0.3) is 0 Å². The number of rotatable bonds is 10. The van der Waals surface area contributed by atoms with Crippen molar-refractivity contribution in [1.29, 1.82) is 5.39 Å². The maximum absolute atomic E-state index is 13.9. The Morgan fingerprint density at radius 2 is 1.27 bits per heavy atom. The summed E-state index contributed by atoms with van der Waals surface area (Å²) in [4.78, 5) is 15.4. The number of hydrogen-bond donors (Lipinski definition) is 2. The molecule has 0 saturated heterocycles. The molecule has 0 amide bonds. The Kier molecular flexibility index (Phi) is 10.3. The number of diazo groups is 1. The molecule has 0 saturated carbocycles. The zero-order valence-corrected chi connectivity index (χ0v) is 35.0. The fourth-order valence-corrected chi connectivity index (χ4v) is 10.1. The lowest BCUT2D eigenvalue weighted by Gasteiger charge is -2.34. The molecule has 0 spiro atoms. The van der Waals surface area contributed by atoms with Gasteiger partial charge in [0.1, 0.15) is 21.3 Å². The van der Waals surface area contributed by atoms with Gasteiger partial charge in [-0.3, -0.25) is 4.79 Å². The number of aromatic hydroxyl groups is 2. The van der Waals surface area contributed by atoms with Crippen LogP contribution in [0.25, 0.3) is 21.8 Å². The van der Waals surface area contributed by atoms with E-state index in [0.29, 0.717) is 33.4 Å². The first-order chi connectivity index (χ1) is 28.3. The minimum Gasteiger partial charge on any atom is -0.507 e. The fraction of sp³-hybridized carbons (Fsp3) is 0.152. The first-order valence-electron chi connectivity index (χ1n) is 18.5. The maximum atomic E-state index is 13.9. The van der Waals surface area contributed by atoms with Crippen molar-refractivity contribution in [3.8, 4) is 28.7 Å². The van der Waals surface area contributed by atoms with Crippen molar-refractivity contribution in [2.75, 3.05) is 7.11 Å². The van der Waals surface area contributed by atoms with Crippen molar-refractivity contribution in [2.24, 2.45) is 0 Å². The number of fused-ring (bicyclic) bond motifs is 2. The van der Waals surface area contributed by atoms with E-state index in [1.807, 2.05) is 19.1 Å². The highest BCUT2D eigenvalue weighted by Gasteiger charge is 2.36. The number of hydrogen-bond acceptors (Lipinski definition) is 11. The molecule has 60 heavy (non-hydrogen) atoms. The van der Waals surface area contributed by atoms with Gasteiger partial charge in [-0.2, -0.15) is 16.8 Å². The van der Waals surface area contributed by atoms with E-state index in [2.05, 4.69) is 11.6 Å². The van der Waals surface area contributed by atoms with Gasteiger partial charge >= 0.3 is 25.9 Å². The third-order valence-electron chi connectivity index (χ3n) is 10.9. The summed E-state index contributed by atoms with van der Waals surface area (Å²) in [6.07, 6.45) is 2.97. The minimum absolute atomic E-state index is 0.0814. The zero-order chi connectivity index (χ0) is 43.5. The van der Waals surface area contributed by atoms with Crippen molar-refractivity contribution in [2.45, 2.75) is 49.8 Å². The third-order valence-corrected chi connectivity index (χ3v) is 13.5. The lowest BCUT2D eigenvalue weighted by Crippen LogP contribution is -2.26. The Bertz CT molecular complexity index is 3100. The van der Waals surface area contributed by atoms with E-state index in [4.69, 9.17) is 13.1 Å². The van der Waals surface area contributed by atoms with E-state index in [1.54, 1.807) is 52.0 Å².